The van der Waals surface area contributed by atoms with Crippen molar-refractivity contribution < 1.29 is 9.47 Å². The summed E-state index contributed by atoms with van der Waals surface area (Å²) in [7, 11) is 3.51. The van der Waals surface area contributed by atoms with Crippen LogP contribution in [-0.2, 0) is 0 Å². The van der Waals surface area contributed by atoms with Crippen LogP contribution in [0.3, 0.4) is 0 Å². The van der Waals surface area contributed by atoms with Crippen molar-refractivity contribution in [2.45, 2.75) is 28.9 Å². The predicted octanol–water partition coefficient (Wildman–Crippen LogP) is 4.45. The molecule has 2 aromatic carbocycles. The van der Waals surface area contributed by atoms with E-state index in [1.54, 1.807) is 14.2 Å². The van der Waals surface area contributed by atoms with Gasteiger partial charge in [0.05, 0.1) is 0 Å². The Kier molecular flexibility index (Phi) is 5.07. The Balaban J connectivity index is 1.89. The first-order chi connectivity index (χ1) is 10.8. The van der Waals surface area contributed by atoms with Gasteiger partial charge in [-0.15, -0.1) is 0 Å². The van der Waals surface area contributed by atoms with Crippen LogP contribution in [-0.4, -0.2) is 29.2 Å². The Morgan fingerprint density at radius 3 is 2.23 bits per heavy atom. The van der Waals surface area contributed by atoms with Crippen LogP contribution < -0.4 is 9.47 Å². The third-order valence-corrected chi connectivity index (χ3v) is 7.07. The normalized spacial score (nSPS) is 21.4. The summed E-state index contributed by atoms with van der Waals surface area (Å²) in [6, 6.07) is 17.0. The van der Waals surface area contributed by atoms with E-state index in [0.29, 0.717) is 25.7 Å². The van der Waals surface area contributed by atoms with Gasteiger partial charge in [-0.05, 0) is 0 Å². The first kappa shape index (κ1) is 15.5. The van der Waals surface area contributed by atoms with Gasteiger partial charge < -0.3 is 0 Å². The van der Waals surface area contributed by atoms with Crippen LogP contribution in [0.2, 0.25) is 5.32 Å². The van der Waals surface area contributed by atoms with Gasteiger partial charge in [-0.2, -0.15) is 0 Å². The second-order valence-electron chi connectivity index (χ2n) is 5.57. The van der Waals surface area contributed by atoms with E-state index in [1.807, 2.05) is 6.07 Å². The Bertz CT molecular complexity index is 590. The number of rotatable bonds is 4. The fourth-order valence-corrected chi connectivity index (χ4v) is 6.31. The molecule has 2 atom stereocenters. The summed E-state index contributed by atoms with van der Waals surface area (Å²) < 4.78 is 11.2. The molecule has 1 fully saturated rings. The monoisotopic (exact) mass is 362 g/mol. The Labute approximate surface area is 139 Å². The molecule has 0 spiro atoms. The van der Waals surface area contributed by atoms with Gasteiger partial charge in [0.2, 0.25) is 0 Å². The van der Waals surface area contributed by atoms with Gasteiger partial charge in [0.15, 0.2) is 0 Å². The van der Waals surface area contributed by atoms with Gasteiger partial charge in [0, 0.05) is 0 Å². The summed E-state index contributed by atoms with van der Waals surface area (Å²) in [5.41, 5.74) is 2.74. The average molecular weight is 361 g/mol. The fraction of sp³-hybridized carbons (Fsp3) is 0.368. The second kappa shape index (κ2) is 7.21. The van der Waals surface area contributed by atoms with Gasteiger partial charge in [0.1, 0.15) is 0 Å². The second-order valence-corrected chi connectivity index (χ2v) is 8.32. The van der Waals surface area contributed by atoms with Crippen LogP contribution in [0.1, 0.15) is 34.7 Å². The van der Waals surface area contributed by atoms with Crippen LogP contribution in [0.25, 0.3) is 0 Å². The molecule has 2 nitrogen and oxygen atoms in total. The number of hydrogen-bond donors (Lipinski definition) is 0. The fourth-order valence-electron chi connectivity index (χ4n) is 3.22. The van der Waals surface area contributed by atoms with E-state index < -0.39 is 0 Å². The molecule has 0 N–H and O–H groups in total. The quantitative estimate of drug-likeness (QED) is 0.750. The summed E-state index contributed by atoms with van der Waals surface area (Å²) in [5.74, 6) is 2.59. The third kappa shape index (κ3) is 3.16. The third-order valence-electron chi connectivity index (χ3n) is 4.34. The summed E-state index contributed by atoms with van der Waals surface area (Å²) in [6.45, 7) is 0. The minimum absolute atomic E-state index is 0.567. The predicted molar refractivity (Wildman–Crippen MR) is 91.3 cm³/mol. The van der Waals surface area contributed by atoms with E-state index in [4.69, 9.17) is 9.47 Å². The summed E-state index contributed by atoms with van der Waals surface area (Å²) in [4.78, 5) is 0.567. The number of benzene rings is 2. The van der Waals surface area contributed by atoms with Gasteiger partial charge in [-0.25, -0.2) is 0 Å². The van der Waals surface area contributed by atoms with Crippen LogP contribution in [0.4, 0.5) is 0 Å². The topological polar surface area (TPSA) is 18.5 Å². The average Bonchev–Trinajstić information content (AvgIpc) is 2.61. The first-order valence-electron chi connectivity index (χ1n) is 7.71. The zero-order valence-electron chi connectivity index (χ0n) is 13.1. The van der Waals surface area contributed by atoms with Crippen molar-refractivity contribution in [1.29, 1.82) is 0 Å². The molecule has 1 aliphatic heterocycles. The van der Waals surface area contributed by atoms with E-state index >= 15 is 0 Å². The molecule has 0 aromatic heterocycles. The van der Waals surface area contributed by atoms with Crippen molar-refractivity contribution in [3.63, 3.8) is 0 Å². The minimum atomic E-state index is 0.567. The Hall–Kier alpha value is -1.44. The van der Waals surface area contributed by atoms with Gasteiger partial charge >= 0.3 is 139 Å². The van der Waals surface area contributed by atoms with E-state index in [2.05, 4.69) is 42.5 Å². The zero-order valence-corrected chi connectivity index (χ0v) is 14.8. The molecule has 0 radical (unpaired) electrons. The van der Waals surface area contributed by atoms with Crippen LogP contribution in [0.15, 0.2) is 48.5 Å². The van der Waals surface area contributed by atoms with Crippen molar-refractivity contribution in [3.05, 3.63) is 59.7 Å². The SMILES string of the molecule is COc1cccc(OC)c1C1CC(c2ccccc2)CC[Se]1. The van der Waals surface area contributed by atoms with Crippen molar-refractivity contribution >= 4 is 15.0 Å². The molecule has 22 heavy (non-hydrogen) atoms. The maximum absolute atomic E-state index is 5.61. The van der Waals surface area contributed by atoms with Gasteiger partial charge in [-0.1, -0.05) is 0 Å². The van der Waals surface area contributed by atoms with E-state index in [9.17, 15) is 0 Å². The molecule has 0 saturated carbocycles. The van der Waals surface area contributed by atoms with Crippen LogP contribution in [0.5, 0.6) is 11.5 Å². The molecule has 1 saturated heterocycles. The zero-order chi connectivity index (χ0) is 15.4. The van der Waals surface area contributed by atoms with Crippen LogP contribution >= 0.6 is 0 Å². The molecule has 0 bridgehead atoms. The molecular formula is C19H22O2Se. The molecule has 1 heterocycles. The van der Waals surface area contributed by atoms with Crippen molar-refractivity contribution in [3.8, 4) is 11.5 Å². The molecule has 0 amide bonds. The standard InChI is InChI=1S/C19H22O2Se/c1-20-16-9-6-10-17(21-2)19(16)18-13-15(11-12-22-18)14-7-4-3-5-8-14/h3-10,15,18H,11-13H2,1-2H3. The van der Waals surface area contributed by atoms with Crippen molar-refractivity contribution in [1.82, 2.24) is 0 Å². The molecule has 0 aliphatic carbocycles. The molecule has 116 valence electrons. The first-order valence-corrected chi connectivity index (χ1v) is 9.91. The summed E-state index contributed by atoms with van der Waals surface area (Å²) >= 11 is 0.604. The number of hydrogen-bond acceptors (Lipinski definition) is 2. The molecule has 2 aromatic rings. The van der Waals surface area contributed by atoms with Crippen molar-refractivity contribution in [2.75, 3.05) is 14.2 Å². The number of ether oxygens (including phenoxy) is 2. The Morgan fingerprint density at radius 2 is 1.59 bits per heavy atom. The molecule has 3 heteroatoms. The molecular weight excluding hydrogens is 339 g/mol. The summed E-state index contributed by atoms with van der Waals surface area (Å²) in [5, 5.41) is 1.32. The van der Waals surface area contributed by atoms with Gasteiger partial charge in [-0.3, -0.25) is 0 Å². The molecule has 1 aliphatic rings. The van der Waals surface area contributed by atoms with Crippen LogP contribution in [0, 0.1) is 0 Å². The van der Waals surface area contributed by atoms with Crippen molar-refractivity contribution in [2.24, 2.45) is 0 Å². The summed E-state index contributed by atoms with van der Waals surface area (Å²) in [6.07, 6.45) is 2.50. The number of methoxy groups -OCH3 is 2. The van der Waals surface area contributed by atoms with E-state index in [0.717, 1.165) is 11.5 Å². The van der Waals surface area contributed by atoms with E-state index in [-0.39, 0.29) is 0 Å². The van der Waals surface area contributed by atoms with E-state index in [1.165, 1.54) is 29.3 Å². The Morgan fingerprint density at radius 1 is 0.909 bits per heavy atom. The molecule has 3 rings (SSSR count). The maximum atomic E-state index is 5.61. The molecule has 2 unspecified atom stereocenters. The van der Waals surface area contributed by atoms with Gasteiger partial charge in [0.25, 0.3) is 0 Å².